The van der Waals surface area contributed by atoms with Crippen LogP contribution in [0.2, 0.25) is 0 Å². The first-order chi connectivity index (χ1) is 8.84. The summed E-state index contributed by atoms with van der Waals surface area (Å²) < 4.78 is 11.3. The van der Waals surface area contributed by atoms with Gasteiger partial charge in [0.25, 0.3) is 0 Å². The lowest BCUT2D eigenvalue weighted by molar-refractivity contribution is 0.0159. The number of hydrogen-bond donors (Lipinski definition) is 1. The molecule has 0 aromatic rings. The van der Waals surface area contributed by atoms with E-state index in [0.717, 1.165) is 45.4 Å². The molecule has 0 amide bonds. The second-order valence-corrected chi connectivity index (χ2v) is 5.64. The van der Waals surface area contributed by atoms with E-state index in [-0.39, 0.29) is 0 Å². The molecule has 0 spiro atoms. The van der Waals surface area contributed by atoms with Gasteiger partial charge >= 0.3 is 0 Å². The van der Waals surface area contributed by atoms with Crippen LogP contribution in [0, 0.1) is 5.92 Å². The fraction of sp³-hybridized carbons (Fsp3) is 1.00. The lowest BCUT2D eigenvalue weighted by Crippen LogP contribution is -2.35. The minimum atomic E-state index is 0.489. The molecule has 18 heavy (non-hydrogen) atoms. The summed E-state index contributed by atoms with van der Waals surface area (Å²) in [5.74, 6) is 0.822. The SMILES string of the molecule is CN(CCOC1CCNCC1)CC1CCOCC1. The monoisotopic (exact) mass is 256 g/mol. The molecule has 0 saturated carbocycles. The van der Waals surface area contributed by atoms with Crippen molar-refractivity contribution in [3.63, 3.8) is 0 Å². The van der Waals surface area contributed by atoms with Crippen LogP contribution in [-0.4, -0.2) is 64.1 Å². The van der Waals surface area contributed by atoms with Gasteiger partial charge in [-0.05, 0) is 51.7 Å². The highest BCUT2D eigenvalue weighted by molar-refractivity contribution is 4.69. The summed E-state index contributed by atoms with van der Waals surface area (Å²) in [6.07, 6.45) is 5.27. The van der Waals surface area contributed by atoms with E-state index in [2.05, 4.69) is 17.3 Å². The van der Waals surface area contributed by atoms with Crippen LogP contribution in [0.3, 0.4) is 0 Å². The molecule has 2 heterocycles. The maximum absolute atomic E-state index is 5.94. The highest BCUT2D eigenvalue weighted by Gasteiger charge is 2.16. The summed E-state index contributed by atoms with van der Waals surface area (Å²) >= 11 is 0. The third-order valence-corrected chi connectivity index (χ3v) is 4.02. The molecule has 106 valence electrons. The maximum Gasteiger partial charge on any atom is 0.0600 e. The molecule has 2 rings (SSSR count). The maximum atomic E-state index is 5.94. The Kier molecular flexibility index (Phi) is 6.41. The predicted octanol–water partition coefficient (Wildman–Crippen LogP) is 1.11. The Labute approximate surface area is 111 Å². The summed E-state index contributed by atoms with van der Waals surface area (Å²) in [6, 6.07) is 0. The summed E-state index contributed by atoms with van der Waals surface area (Å²) in [5.41, 5.74) is 0. The molecule has 1 N–H and O–H groups in total. The number of nitrogens with zero attached hydrogens (tertiary/aromatic N) is 1. The van der Waals surface area contributed by atoms with Gasteiger partial charge in [0.05, 0.1) is 12.7 Å². The fourth-order valence-electron chi connectivity index (χ4n) is 2.80. The molecule has 2 aliphatic rings. The minimum Gasteiger partial charge on any atom is -0.381 e. The van der Waals surface area contributed by atoms with Crippen molar-refractivity contribution in [2.45, 2.75) is 31.8 Å². The van der Waals surface area contributed by atoms with Crippen molar-refractivity contribution in [3.05, 3.63) is 0 Å². The molecule has 4 heteroatoms. The van der Waals surface area contributed by atoms with Gasteiger partial charge in [0.2, 0.25) is 0 Å². The van der Waals surface area contributed by atoms with E-state index in [9.17, 15) is 0 Å². The van der Waals surface area contributed by atoms with Crippen molar-refractivity contribution in [2.75, 3.05) is 53.0 Å². The van der Waals surface area contributed by atoms with Gasteiger partial charge in [-0.25, -0.2) is 0 Å². The van der Waals surface area contributed by atoms with Gasteiger partial charge in [0.15, 0.2) is 0 Å². The first kappa shape index (κ1) is 14.3. The molecule has 2 fully saturated rings. The molecule has 0 aromatic heterocycles. The Hall–Kier alpha value is -0.160. The lowest BCUT2D eigenvalue weighted by atomic mass is 10.00. The number of ether oxygens (including phenoxy) is 2. The molecule has 0 radical (unpaired) electrons. The summed E-state index contributed by atoms with van der Waals surface area (Å²) in [6.45, 7) is 7.25. The van der Waals surface area contributed by atoms with Crippen LogP contribution in [-0.2, 0) is 9.47 Å². The van der Waals surface area contributed by atoms with Crippen molar-refractivity contribution >= 4 is 0 Å². The molecule has 2 aliphatic heterocycles. The van der Waals surface area contributed by atoms with Gasteiger partial charge in [0, 0.05) is 26.3 Å². The molecule has 0 aromatic carbocycles. The molecule has 0 atom stereocenters. The fourth-order valence-corrected chi connectivity index (χ4v) is 2.80. The van der Waals surface area contributed by atoms with Crippen LogP contribution in [0.4, 0.5) is 0 Å². The Morgan fingerprint density at radius 2 is 1.89 bits per heavy atom. The summed E-state index contributed by atoms with van der Waals surface area (Å²) in [7, 11) is 2.21. The Morgan fingerprint density at radius 1 is 1.17 bits per heavy atom. The zero-order valence-electron chi connectivity index (χ0n) is 11.7. The number of hydrogen-bond acceptors (Lipinski definition) is 4. The van der Waals surface area contributed by atoms with Gasteiger partial charge in [-0.3, -0.25) is 0 Å². The summed E-state index contributed by atoms with van der Waals surface area (Å²) in [5, 5.41) is 3.37. The van der Waals surface area contributed by atoms with Crippen LogP contribution in [0.15, 0.2) is 0 Å². The number of nitrogens with one attached hydrogen (secondary N) is 1. The van der Waals surface area contributed by atoms with Crippen molar-refractivity contribution < 1.29 is 9.47 Å². The van der Waals surface area contributed by atoms with E-state index in [4.69, 9.17) is 9.47 Å². The van der Waals surface area contributed by atoms with E-state index in [0.29, 0.717) is 6.10 Å². The number of likely N-dealkylation sites (N-methyl/N-ethyl adjacent to an activating group) is 1. The zero-order chi connectivity index (χ0) is 12.6. The Balaban J connectivity index is 1.52. The van der Waals surface area contributed by atoms with Crippen molar-refractivity contribution in [1.29, 1.82) is 0 Å². The molecule has 0 aliphatic carbocycles. The molecule has 0 bridgehead atoms. The van der Waals surface area contributed by atoms with E-state index in [1.807, 2.05) is 0 Å². The zero-order valence-corrected chi connectivity index (χ0v) is 11.7. The largest absolute Gasteiger partial charge is 0.381 e. The van der Waals surface area contributed by atoms with Crippen LogP contribution in [0.1, 0.15) is 25.7 Å². The topological polar surface area (TPSA) is 33.7 Å². The first-order valence-corrected chi connectivity index (χ1v) is 7.43. The van der Waals surface area contributed by atoms with Crippen molar-refractivity contribution in [3.8, 4) is 0 Å². The van der Waals surface area contributed by atoms with Crippen LogP contribution < -0.4 is 5.32 Å². The predicted molar refractivity (Wildman–Crippen MR) is 72.9 cm³/mol. The van der Waals surface area contributed by atoms with Gasteiger partial charge in [-0.1, -0.05) is 0 Å². The van der Waals surface area contributed by atoms with Crippen LogP contribution >= 0.6 is 0 Å². The molecular formula is C14H28N2O2. The summed E-state index contributed by atoms with van der Waals surface area (Å²) in [4.78, 5) is 2.41. The molecule has 4 nitrogen and oxygen atoms in total. The molecule has 2 saturated heterocycles. The highest BCUT2D eigenvalue weighted by atomic mass is 16.5. The third-order valence-electron chi connectivity index (χ3n) is 4.02. The quantitative estimate of drug-likeness (QED) is 0.772. The van der Waals surface area contributed by atoms with E-state index < -0.39 is 0 Å². The van der Waals surface area contributed by atoms with Gasteiger partial charge in [-0.2, -0.15) is 0 Å². The third kappa shape index (κ3) is 5.22. The number of rotatable bonds is 6. The Bertz CT molecular complexity index is 214. The average molecular weight is 256 g/mol. The Morgan fingerprint density at radius 3 is 2.61 bits per heavy atom. The van der Waals surface area contributed by atoms with Crippen molar-refractivity contribution in [2.24, 2.45) is 5.92 Å². The van der Waals surface area contributed by atoms with E-state index in [1.165, 1.54) is 32.2 Å². The smallest absolute Gasteiger partial charge is 0.0600 e. The van der Waals surface area contributed by atoms with Gasteiger partial charge in [-0.15, -0.1) is 0 Å². The van der Waals surface area contributed by atoms with Crippen molar-refractivity contribution in [1.82, 2.24) is 10.2 Å². The van der Waals surface area contributed by atoms with Crippen LogP contribution in [0.25, 0.3) is 0 Å². The average Bonchev–Trinajstić information content (AvgIpc) is 2.41. The molecular weight excluding hydrogens is 228 g/mol. The normalized spacial score (nSPS) is 23.7. The second kappa shape index (κ2) is 8.10. The highest BCUT2D eigenvalue weighted by Crippen LogP contribution is 2.15. The number of piperidine rings is 1. The van der Waals surface area contributed by atoms with E-state index in [1.54, 1.807) is 0 Å². The first-order valence-electron chi connectivity index (χ1n) is 7.43. The van der Waals surface area contributed by atoms with Gasteiger partial charge in [0.1, 0.15) is 0 Å². The lowest BCUT2D eigenvalue weighted by Gasteiger charge is -2.28. The molecule has 0 unspecified atom stereocenters. The standard InChI is InChI=1S/C14H28N2O2/c1-16(12-13-4-9-17-10-5-13)8-11-18-14-2-6-15-7-3-14/h13-15H,2-12H2,1H3. The van der Waals surface area contributed by atoms with E-state index >= 15 is 0 Å². The van der Waals surface area contributed by atoms with Crippen LogP contribution in [0.5, 0.6) is 0 Å². The minimum absolute atomic E-state index is 0.489. The second-order valence-electron chi connectivity index (χ2n) is 5.64. The van der Waals surface area contributed by atoms with Gasteiger partial charge < -0.3 is 19.7 Å².